The number of ether oxygens (including phenoxy) is 4. The van der Waals surface area contributed by atoms with E-state index in [4.69, 9.17) is 25.8 Å². The molecule has 0 N–H and O–H groups in total. The zero-order valence-corrected chi connectivity index (χ0v) is 17.1. The molecule has 2 heterocycles. The van der Waals surface area contributed by atoms with Crippen molar-refractivity contribution in [2.45, 2.75) is 19.5 Å². The van der Waals surface area contributed by atoms with Gasteiger partial charge in [0.25, 0.3) is 0 Å². The topological polar surface area (TPSA) is 91.4 Å². The van der Waals surface area contributed by atoms with Crippen molar-refractivity contribution in [3.05, 3.63) is 46.5 Å². The van der Waals surface area contributed by atoms with Crippen LogP contribution in [0, 0.1) is 0 Å². The molecule has 0 saturated heterocycles. The smallest absolute Gasteiger partial charge is 0.306 e. The van der Waals surface area contributed by atoms with Crippen LogP contribution in [0.1, 0.15) is 17.5 Å². The number of methoxy groups -OCH3 is 1. The number of carbonyl (C=O) groups is 1. The Labute approximate surface area is 172 Å². The van der Waals surface area contributed by atoms with Gasteiger partial charge in [-0.3, -0.25) is 4.79 Å². The first-order valence-corrected chi connectivity index (χ1v) is 10.8. The molecule has 0 spiro atoms. The van der Waals surface area contributed by atoms with Crippen molar-refractivity contribution in [2.75, 3.05) is 19.7 Å². The highest BCUT2D eigenvalue weighted by Gasteiger charge is 2.30. The lowest BCUT2D eigenvalue weighted by atomic mass is 10.1. The molecule has 0 aromatic heterocycles. The molecule has 154 valence electrons. The van der Waals surface area contributed by atoms with Gasteiger partial charge in [-0.1, -0.05) is 11.6 Å². The van der Waals surface area contributed by atoms with E-state index >= 15 is 0 Å². The fourth-order valence-electron chi connectivity index (χ4n) is 3.15. The standard InChI is InChI=1S/C19H18ClNO7S/c1-25-19(22)4-5-29(23,24)21-9-12-6-14(20)2-3-15(12)28-16-8-18-17(26-11-27-18)7-13(16)10-21/h2-3,6-8H,4-5,9-11H2,1H3. The molecule has 29 heavy (non-hydrogen) atoms. The molecule has 2 aromatic carbocycles. The Morgan fingerprint density at radius 2 is 1.76 bits per heavy atom. The van der Waals surface area contributed by atoms with Crippen molar-refractivity contribution in [1.29, 1.82) is 0 Å². The summed E-state index contributed by atoms with van der Waals surface area (Å²) in [6, 6.07) is 8.42. The summed E-state index contributed by atoms with van der Waals surface area (Å²) >= 11 is 6.11. The first kappa shape index (κ1) is 19.8. The minimum Gasteiger partial charge on any atom is -0.469 e. The first-order chi connectivity index (χ1) is 13.9. The molecule has 0 bridgehead atoms. The van der Waals surface area contributed by atoms with Crippen molar-refractivity contribution >= 4 is 27.6 Å². The molecule has 2 aliphatic rings. The summed E-state index contributed by atoms with van der Waals surface area (Å²) in [5.74, 6) is 1.05. The molecule has 10 heteroatoms. The van der Waals surface area contributed by atoms with Crippen molar-refractivity contribution in [1.82, 2.24) is 4.31 Å². The molecule has 0 amide bonds. The quantitative estimate of drug-likeness (QED) is 0.676. The third kappa shape index (κ3) is 4.12. The van der Waals surface area contributed by atoms with Gasteiger partial charge >= 0.3 is 5.97 Å². The van der Waals surface area contributed by atoms with Crippen LogP contribution in [0.25, 0.3) is 0 Å². The Hall–Kier alpha value is -2.49. The van der Waals surface area contributed by atoms with Crippen LogP contribution < -0.4 is 14.2 Å². The summed E-state index contributed by atoms with van der Waals surface area (Å²) in [5, 5.41) is 0.464. The maximum Gasteiger partial charge on any atom is 0.306 e. The summed E-state index contributed by atoms with van der Waals surface area (Å²) in [5.41, 5.74) is 1.24. The summed E-state index contributed by atoms with van der Waals surface area (Å²) < 4.78 is 48.7. The van der Waals surface area contributed by atoms with Gasteiger partial charge in [-0.05, 0) is 24.3 Å². The number of hydrogen-bond acceptors (Lipinski definition) is 7. The summed E-state index contributed by atoms with van der Waals surface area (Å²) in [7, 11) is -2.56. The first-order valence-electron chi connectivity index (χ1n) is 8.79. The Kier molecular flexibility index (Phi) is 5.28. The molecule has 4 rings (SSSR count). The Morgan fingerprint density at radius 1 is 1.07 bits per heavy atom. The minimum absolute atomic E-state index is 0.0431. The monoisotopic (exact) mass is 439 g/mol. The zero-order chi connectivity index (χ0) is 20.6. The van der Waals surface area contributed by atoms with E-state index in [1.165, 1.54) is 11.4 Å². The fourth-order valence-corrected chi connectivity index (χ4v) is 4.70. The second-order valence-corrected chi connectivity index (χ2v) is 9.10. The molecular formula is C19H18ClNO7S. The van der Waals surface area contributed by atoms with E-state index in [-0.39, 0.29) is 32.1 Å². The lowest BCUT2D eigenvalue weighted by Crippen LogP contribution is -2.34. The van der Waals surface area contributed by atoms with Crippen LogP contribution in [0.2, 0.25) is 5.02 Å². The van der Waals surface area contributed by atoms with Gasteiger partial charge in [-0.2, -0.15) is 4.31 Å². The predicted octanol–water partition coefficient (Wildman–Crippen LogP) is 3.07. The Morgan fingerprint density at radius 3 is 2.48 bits per heavy atom. The number of nitrogens with zero attached hydrogens (tertiary/aromatic N) is 1. The number of halogens is 1. The number of esters is 1. The van der Waals surface area contributed by atoms with Gasteiger partial charge in [0.05, 0.1) is 19.3 Å². The molecule has 0 atom stereocenters. The summed E-state index contributed by atoms with van der Waals surface area (Å²) in [4.78, 5) is 11.5. The minimum atomic E-state index is -3.78. The fraction of sp³-hybridized carbons (Fsp3) is 0.316. The van der Waals surface area contributed by atoms with Crippen LogP contribution in [0.5, 0.6) is 23.0 Å². The molecular weight excluding hydrogens is 422 g/mol. The highest BCUT2D eigenvalue weighted by atomic mass is 35.5. The lowest BCUT2D eigenvalue weighted by molar-refractivity contribution is -0.140. The van der Waals surface area contributed by atoms with Crippen LogP contribution in [-0.4, -0.2) is 38.3 Å². The number of fused-ring (bicyclic) bond motifs is 3. The van der Waals surface area contributed by atoms with Gasteiger partial charge in [-0.15, -0.1) is 0 Å². The number of rotatable bonds is 4. The van der Waals surface area contributed by atoms with Crippen molar-refractivity contribution in [2.24, 2.45) is 0 Å². The Bertz CT molecular complexity index is 1070. The van der Waals surface area contributed by atoms with E-state index in [2.05, 4.69) is 4.74 Å². The molecule has 0 fully saturated rings. The highest BCUT2D eigenvalue weighted by molar-refractivity contribution is 7.89. The second kappa shape index (κ2) is 7.74. The molecule has 0 saturated carbocycles. The molecule has 0 unspecified atom stereocenters. The van der Waals surface area contributed by atoms with Crippen LogP contribution in [0.3, 0.4) is 0 Å². The van der Waals surface area contributed by atoms with Crippen molar-refractivity contribution in [3.63, 3.8) is 0 Å². The predicted molar refractivity (Wildman–Crippen MR) is 104 cm³/mol. The number of sulfonamides is 1. The summed E-state index contributed by atoms with van der Waals surface area (Å²) in [6.07, 6.45) is -0.234. The number of benzene rings is 2. The van der Waals surface area contributed by atoms with E-state index in [0.29, 0.717) is 39.1 Å². The van der Waals surface area contributed by atoms with Crippen LogP contribution in [-0.2, 0) is 32.6 Å². The SMILES string of the molecule is COC(=O)CCS(=O)(=O)N1Cc2cc(Cl)ccc2Oc2cc3c(cc2C1)OCO3. The van der Waals surface area contributed by atoms with Crippen LogP contribution >= 0.6 is 11.6 Å². The third-order valence-electron chi connectivity index (χ3n) is 4.68. The van der Waals surface area contributed by atoms with Gasteiger partial charge < -0.3 is 18.9 Å². The molecule has 2 aliphatic heterocycles. The Balaban J connectivity index is 1.75. The largest absolute Gasteiger partial charge is 0.469 e. The normalized spacial score (nSPS) is 15.5. The van der Waals surface area contributed by atoms with Crippen LogP contribution in [0.15, 0.2) is 30.3 Å². The number of hydrogen-bond donors (Lipinski definition) is 0. The highest BCUT2D eigenvalue weighted by Crippen LogP contribution is 2.42. The maximum atomic E-state index is 13.0. The zero-order valence-electron chi connectivity index (χ0n) is 15.5. The van der Waals surface area contributed by atoms with E-state index in [9.17, 15) is 13.2 Å². The molecule has 2 aromatic rings. The van der Waals surface area contributed by atoms with Gasteiger partial charge in [0.15, 0.2) is 11.5 Å². The van der Waals surface area contributed by atoms with E-state index < -0.39 is 16.0 Å². The summed E-state index contributed by atoms with van der Waals surface area (Å²) in [6.45, 7) is 0.181. The molecule has 0 radical (unpaired) electrons. The maximum absolute atomic E-state index is 13.0. The number of carbonyl (C=O) groups excluding carboxylic acids is 1. The van der Waals surface area contributed by atoms with E-state index in [0.717, 1.165) is 0 Å². The van der Waals surface area contributed by atoms with Crippen LogP contribution in [0.4, 0.5) is 0 Å². The van der Waals surface area contributed by atoms with E-state index in [1.54, 1.807) is 30.3 Å². The van der Waals surface area contributed by atoms with Gasteiger partial charge in [0.1, 0.15) is 11.5 Å². The average molecular weight is 440 g/mol. The lowest BCUT2D eigenvalue weighted by Gasteiger charge is -2.27. The van der Waals surface area contributed by atoms with Crippen molar-refractivity contribution < 1.29 is 32.2 Å². The van der Waals surface area contributed by atoms with Gasteiger partial charge in [-0.25, -0.2) is 8.42 Å². The third-order valence-corrected chi connectivity index (χ3v) is 6.68. The molecule has 0 aliphatic carbocycles. The van der Waals surface area contributed by atoms with Gasteiger partial charge in [0.2, 0.25) is 16.8 Å². The average Bonchev–Trinajstić information content (AvgIpc) is 3.13. The van der Waals surface area contributed by atoms with Gasteiger partial charge in [0, 0.05) is 35.3 Å². The van der Waals surface area contributed by atoms with Crippen molar-refractivity contribution in [3.8, 4) is 23.0 Å². The molecule has 8 nitrogen and oxygen atoms in total. The van der Waals surface area contributed by atoms with E-state index in [1.807, 2.05) is 0 Å². The second-order valence-electron chi connectivity index (χ2n) is 6.58.